The molecule has 0 saturated carbocycles. The van der Waals surface area contributed by atoms with Crippen molar-refractivity contribution in [2.45, 2.75) is 26.7 Å². The first kappa shape index (κ1) is 13.4. The Kier molecular flexibility index (Phi) is 5.33. The van der Waals surface area contributed by atoms with Crippen molar-refractivity contribution in [2.75, 3.05) is 24.1 Å². The molecule has 0 bridgehead atoms. The first-order valence-corrected chi connectivity index (χ1v) is 6.10. The standard InChI is InChI=1S/C13H21N3O/c1-3-5-8-16-12-9-10(14)6-7-11(12)13(17)15-4-2/h6-7,9,16H,3-5,8,14H2,1-2H3,(H,15,17). The summed E-state index contributed by atoms with van der Waals surface area (Å²) in [6.07, 6.45) is 2.19. The molecule has 0 aliphatic heterocycles. The molecule has 4 heteroatoms. The third-order valence-electron chi connectivity index (χ3n) is 2.47. The van der Waals surface area contributed by atoms with Crippen LogP contribution in [-0.4, -0.2) is 19.0 Å². The Bertz CT molecular complexity index is 377. The molecule has 1 aromatic carbocycles. The first-order valence-electron chi connectivity index (χ1n) is 6.10. The van der Waals surface area contributed by atoms with Gasteiger partial charge in [0.15, 0.2) is 0 Å². The number of carbonyl (C=O) groups excluding carboxylic acids is 1. The maximum absolute atomic E-state index is 11.8. The average molecular weight is 235 g/mol. The third kappa shape index (κ3) is 3.98. The molecule has 4 N–H and O–H groups in total. The number of rotatable bonds is 6. The minimum atomic E-state index is -0.0634. The van der Waals surface area contributed by atoms with Crippen LogP contribution in [0.2, 0.25) is 0 Å². The Hall–Kier alpha value is -1.71. The second-order valence-electron chi connectivity index (χ2n) is 3.94. The Labute approximate surface area is 103 Å². The van der Waals surface area contributed by atoms with Crippen LogP contribution < -0.4 is 16.4 Å². The minimum absolute atomic E-state index is 0.0634. The van der Waals surface area contributed by atoms with Crippen molar-refractivity contribution in [3.8, 4) is 0 Å². The van der Waals surface area contributed by atoms with E-state index in [2.05, 4.69) is 17.6 Å². The molecule has 0 fully saturated rings. The van der Waals surface area contributed by atoms with Crippen LogP contribution in [0.3, 0.4) is 0 Å². The Morgan fingerprint density at radius 1 is 1.35 bits per heavy atom. The van der Waals surface area contributed by atoms with Gasteiger partial charge in [0.05, 0.1) is 5.56 Å². The smallest absolute Gasteiger partial charge is 0.253 e. The van der Waals surface area contributed by atoms with Gasteiger partial charge in [0, 0.05) is 24.5 Å². The maximum Gasteiger partial charge on any atom is 0.253 e. The van der Waals surface area contributed by atoms with Gasteiger partial charge in [-0.2, -0.15) is 0 Å². The van der Waals surface area contributed by atoms with Crippen LogP contribution in [0.5, 0.6) is 0 Å². The molecule has 0 saturated heterocycles. The average Bonchev–Trinajstić information content (AvgIpc) is 2.30. The Morgan fingerprint density at radius 3 is 2.76 bits per heavy atom. The zero-order valence-corrected chi connectivity index (χ0v) is 10.5. The topological polar surface area (TPSA) is 67.1 Å². The highest BCUT2D eigenvalue weighted by Gasteiger charge is 2.10. The summed E-state index contributed by atoms with van der Waals surface area (Å²) in [7, 11) is 0. The molecule has 1 aromatic rings. The van der Waals surface area contributed by atoms with Gasteiger partial charge in [-0.1, -0.05) is 13.3 Å². The SMILES string of the molecule is CCCCNc1cc(N)ccc1C(=O)NCC. The van der Waals surface area contributed by atoms with Crippen LogP contribution in [-0.2, 0) is 0 Å². The number of hydrogen-bond donors (Lipinski definition) is 3. The van der Waals surface area contributed by atoms with Gasteiger partial charge in [0.1, 0.15) is 0 Å². The molecule has 17 heavy (non-hydrogen) atoms. The van der Waals surface area contributed by atoms with Gasteiger partial charge in [-0.25, -0.2) is 0 Å². The number of hydrogen-bond acceptors (Lipinski definition) is 3. The lowest BCUT2D eigenvalue weighted by molar-refractivity contribution is 0.0956. The van der Waals surface area contributed by atoms with Crippen molar-refractivity contribution in [3.05, 3.63) is 23.8 Å². The zero-order valence-electron chi connectivity index (χ0n) is 10.5. The van der Waals surface area contributed by atoms with E-state index < -0.39 is 0 Å². The first-order chi connectivity index (χ1) is 8.19. The van der Waals surface area contributed by atoms with Crippen LogP contribution in [0.15, 0.2) is 18.2 Å². The molecule has 0 atom stereocenters. The van der Waals surface area contributed by atoms with Crippen LogP contribution in [0, 0.1) is 0 Å². The van der Waals surface area contributed by atoms with Gasteiger partial charge >= 0.3 is 0 Å². The predicted octanol–water partition coefficient (Wildman–Crippen LogP) is 2.23. The second-order valence-corrected chi connectivity index (χ2v) is 3.94. The summed E-state index contributed by atoms with van der Waals surface area (Å²) in [4.78, 5) is 11.8. The molecule has 0 heterocycles. The normalized spacial score (nSPS) is 10.0. The molecule has 0 aliphatic rings. The predicted molar refractivity (Wildman–Crippen MR) is 72.3 cm³/mol. The van der Waals surface area contributed by atoms with Crippen LogP contribution >= 0.6 is 0 Å². The molecule has 0 aromatic heterocycles. The third-order valence-corrected chi connectivity index (χ3v) is 2.47. The van der Waals surface area contributed by atoms with Gasteiger partial charge < -0.3 is 16.4 Å². The highest BCUT2D eigenvalue weighted by Crippen LogP contribution is 2.19. The Balaban J connectivity index is 2.83. The van der Waals surface area contributed by atoms with Gasteiger partial charge in [-0.3, -0.25) is 4.79 Å². The van der Waals surface area contributed by atoms with Crippen molar-refractivity contribution in [1.29, 1.82) is 0 Å². The van der Waals surface area contributed by atoms with Crippen molar-refractivity contribution in [2.24, 2.45) is 0 Å². The van der Waals surface area contributed by atoms with Gasteiger partial charge in [0.2, 0.25) is 0 Å². The quantitative estimate of drug-likeness (QED) is 0.523. The molecule has 0 unspecified atom stereocenters. The molecular formula is C13H21N3O. The van der Waals surface area contributed by atoms with E-state index in [0.717, 1.165) is 25.1 Å². The Morgan fingerprint density at radius 2 is 2.12 bits per heavy atom. The fourth-order valence-electron chi connectivity index (χ4n) is 1.56. The van der Waals surface area contributed by atoms with Gasteiger partial charge in [0.25, 0.3) is 5.91 Å². The summed E-state index contributed by atoms with van der Waals surface area (Å²) in [6.45, 7) is 5.51. The molecule has 0 aliphatic carbocycles. The van der Waals surface area contributed by atoms with Crippen molar-refractivity contribution in [3.63, 3.8) is 0 Å². The summed E-state index contributed by atoms with van der Waals surface area (Å²) in [5.74, 6) is -0.0634. The van der Waals surface area contributed by atoms with Crippen LogP contribution in [0.25, 0.3) is 0 Å². The summed E-state index contributed by atoms with van der Waals surface area (Å²) >= 11 is 0. The van der Waals surface area contributed by atoms with Crippen LogP contribution in [0.4, 0.5) is 11.4 Å². The summed E-state index contributed by atoms with van der Waals surface area (Å²) in [6, 6.07) is 5.31. The van der Waals surface area contributed by atoms with E-state index in [1.54, 1.807) is 18.2 Å². The minimum Gasteiger partial charge on any atom is -0.399 e. The molecule has 0 spiro atoms. The number of nitrogens with one attached hydrogen (secondary N) is 2. The van der Waals surface area contributed by atoms with Crippen molar-refractivity contribution in [1.82, 2.24) is 5.32 Å². The highest BCUT2D eigenvalue weighted by molar-refractivity contribution is 6.00. The molecule has 0 radical (unpaired) electrons. The number of carbonyl (C=O) groups is 1. The fraction of sp³-hybridized carbons (Fsp3) is 0.462. The molecule has 94 valence electrons. The van der Waals surface area contributed by atoms with E-state index in [9.17, 15) is 4.79 Å². The summed E-state index contributed by atoms with van der Waals surface area (Å²) < 4.78 is 0. The lowest BCUT2D eigenvalue weighted by Crippen LogP contribution is -2.24. The summed E-state index contributed by atoms with van der Waals surface area (Å²) in [5, 5.41) is 6.05. The number of nitrogens with two attached hydrogens (primary N) is 1. The number of nitrogen functional groups attached to an aromatic ring is 1. The highest BCUT2D eigenvalue weighted by atomic mass is 16.1. The molecular weight excluding hydrogens is 214 g/mol. The van der Waals surface area contributed by atoms with E-state index in [0.29, 0.717) is 17.8 Å². The van der Waals surface area contributed by atoms with Gasteiger partial charge in [-0.15, -0.1) is 0 Å². The van der Waals surface area contributed by atoms with Crippen molar-refractivity contribution >= 4 is 17.3 Å². The second kappa shape index (κ2) is 6.78. The van der Waals surface area contributed by atoms with E-state index in [1.165, 1.54) is 0 Å². The summed E-state index contributed by atoms with van der Waals surface area (Å²) in [5.41, 5.74) is 7.86. The number of benzene rings is 1. The van der Waals surface area contributed by atoms with Crippen molar-refractivity contribution < 1.29 is 4.79 Å². The largest absolute Gasteiger partial charge is 0.399 e. The van der Waals surface area contributed by atoms with E-state index in [1.807, 2.05) is 6.92 Å². The van der Waals surface area contributed by atoms with E-state index in [4.69, 9.17) is 5.73 Å². The molecule has 1 amide bonds. The van der Waals surface area contributed by atoms with Crippen LogP contribution in [0.1, 0.15) is 37.0 Å². The number of amides is 1. The van der Waals surface area contributed by atoms with E-state index >= 15 is 0 Å². The molecule has 1 rings (SSSR count). The van der Waals surface area contributed by atoms with Gasteiger partial charge in [-0.05, 0) is 31.5 Å². The monoisotopic (exact) mass is 235 g/mol. The molecule has 4 nitrogen and oxygen atoms in total. The van der Waals surface area contributed by atoms with E-state index in [-0.39, 0.29) is 5.91 Å². The maximum atomic E-state index is 11.8. The lowest BCUT2D eigenvalue weighted by Gasteiger charge is -2.12. The number of anilines is 2. The zero-order chi connectivity index (χ0) is 12.7. The lowest BCUT2D eigenvalue weighted by atomic mass is 10.1. The fourth-order valence-corrected chi connectivity index (χ4v) is 1.56. The number of unbranched alkanes of at least 4 members (excludes halogenated alkanes) is 1.